The maximum absolute atomic E-state index is 11.4. The second-order valence-corrected chi connectivity index (χ2v) is 4.98. The smallest absolute Gasteiger partial charge is 0.248 e. The molecule has 1 aliphatic heterocycles. The van der Waals surface area contributed by atoms with E-state index >= 15 is 0 Å². The summed E-state index contributed by atoms with van der Waals surface area (Å²) in [6, 6.07) is 0. The van der Waals surface area contributed by atoms with Crippen LogP contribution in [0.3, 0.4) is 0 Å². The molecular weight excluding hydrogens is 206 g/mol. The number of amides is 1. The van der Waals surface area contributed by atoms with Crippen LogP contribution in [0.25, 0.3) is 0 Å². The summed E-state index contributed by atoms with van der Waals surface area (Å²) in [4.78, 5) is 11.4. The average Bonchev–Trinajstić information content (AvgIpc) is 2.48. The Kier molecular flexibility index (Phi) is 2.93. The van der Waals surface area contributed by atoms with Crippen molar-refractivity contribution in [2.24, 2.45) is 5.92 Å². The molecule has 0 aromatic rings. The molecule has 0 aromatic carbocycles. The van der Waals surface area contributed by atoms with Gasteiger partial charge in [-0.1, -0.05) is 6.92 Å². The van der Waals surface area contributed by atoms with E-state index in [2.05, 4.69) is 12.2 Å². The molecule has 1 saturated carbocycles. The van der Waals surface area contributed by atoms with Crippen LogP contribution in [0.2, 0.25) is 0 Å². The van der Waals surface area contributed by atoms with Crippen molar-refractivity contribution in [1.29, 1.82) is 0 Å². The summed E-state index contributed by atoms with van der Waals surface area (Å²) in [6.07, 6.45) is 4.58. The Morgan fingerprint density at radius 3 is 2.75 bits per heavy atom. The molecule has 2 N–H and O–H groups in total. The first kappa shape index (κ1) is 11.5. The largest absolute Gasteiger partial charge is 0.467 e. The predicted molar refractivity (Wildman–Crippen MR) is 59.4 cm³/mol. The van der Waals surface area contributed by atoms with Gasteiger partial charge in [-0.05, 0) is 38.5 Å². The SMILES string of the molecule is CC1CCC2(CC1)NC(=O)C=C2OC(C)O. The monoisotopic (exact) mass is 225 g/mol. The van der Waals surface area contributed by atoms with E-state index in [-0.39, 0.29) is 11.4 Å². The maximum atomic E-state index is 11.4. The molecule has 1 atom stereocenters. The lowest BCUT2D eigenvalue weighted by Crippen LogP contribution is -2.48. The summed E-state index contributed by atoms with van der Waals surface area (Å²) >= 11 is 0. The van der Waals surface area contributed by atoms with Gasteiger partial charge >= 0.3 is 0 Å². The molecule has 2 aliphatic rings. The van der Waals surface area contributed by atoms with Crippen LogP contribution in [0.4, 0.5) is 0 Å². The molecule has 0 bridgehead atoms. The molecular formula is C12H19NO3. The molecule has 1 aliphatic carbocycles. The number of carbonyl (C=O) groups excluding carboxylic acids is 1. The zero-order valence-electron chi connectivity index (χ0n) is 9.82. The van der Waals surface area contributed by atoms with Crippen molar-refractivity contribution < 1.29 is 14.6 Å². The van der Waals surface area contributed by atoms with Gasteiger partial charge in [-0.25, -0.2) is 0 Å². The molecule has 2 rings (SSSR count). The Morgan fingerprint density at radius 1 is 1.56 bits per heavy atom. The molecule has 0 saturated heterocycles. The van der Waals surface area contributed by atoms with E-state index in [0.717, 1.165) is 25.7 Å². The highest BCUT2D eigenvalue weighted by Crippen LogP contribution is 2.39. The molecule has 1 fully saturated rings. The molecule has 0 aromatic heterocycles. The predicted octanol–water partition coefficient (Wildman–Crippen LogP) is 1.30. The second kappa shape index (κ2) is 4.09. The fraction of sp³-hybridized carbons (Fsp3) is 0.750. The molecule has 90 valence electrons. The Balaban J connectivity index is 2.14. The average molecular weight is 225 g/mol. The van der Waals surface area contributed by atoms with E-state index in [1.165, 1.54) is 6.08 Å². The number of aliphatic hydroxyl groups excluding tert-OH is 1. The minimum Gasteiger partial charge on any atom is -0.467 e. The third-order valence-electron chi connectivity index (χ3n) is 3.52. The normalized spacial score (nSPS) is 35.8. The van der Waals surface area contributed by atoms with Crippen LogP contribution in [0.1, 0.15) is 39.5 Å². The first-order valence-electron chi connectivity index (χ1n) is 5.91. The zero-order chi connectivity index (χ0) is 11.8. The maximum Gasteiger partial charge on any atom is 0.248 e. The second-order valence-electron chi connectivity index (χ2n) is 4.98. The highest BCUT2D eigenvalue weighted by Gasteiger charge is 2.44. The van der Waals surface area contributed by atoms with E-state index in [1.54, 1.807) is 6.92 Å². The summed E-state index contributed by atoms with van der Waals surface area (Å²) in [5.41, 5.74) is -0.347. The van der Waals surface area contributed by atoms with E-state index < -0.39 is 6.29 Å². The number of hydrogen-bond donors (Lipinski definition) is 2. The highest BCUT2D eigenvalue weighted by molar-refractivity contribution is 5.92. The lowest BCUT2D eigenvalue weighted by atomic mass is 9.77. The Morgan fingerprint density at radius 2 is 2.19 bits per heavy atom. The molecule has 4 heteroatoms. The van der Waals surface area contributed by atoms with Crippen LogP contribution in [-0.4, -0.2) is 22.8 Å². The minimum absolute atomic E-state index is 0.106. The van der Waals surface area contributed by atoms with E-state index in [0.29, 0.717) is 11.7 Å². The molecule has 1 amide bonds. The van der Waals surface area contributed by atoms with Crippen LogP contribution in [0, 0.1) is 5.92 Å². The summed E-state index contributed by atoms with van der Waals surface area (Å²) in [6.45, 7) is 3.78. The van der Waals surface area contributed by atoms with Gasteiger partial charge in [-0.15, -0.1) is 0 Å². The summed E-state index contributed by atoms with van der Waals surface area (Å²) < 4.78 is 5.34. The molecule has 16 heavy (non-hydrogen) atoms. The van der Waals surface area contributed by atoms with Crippen LogP contribution in [0.15, 0.2) is 11.8 Å². The van der Waals surface area contributed by atoms with E-state index in [9.17, 15) is 9.90 Å². The van der Waals surface area contributed by atoms with Crippen LogP contribution in [-0.2, 0) is 9.53 Å². The van der Waals surface area contributed by atoms with Crippen molar-refractivity contribution >= 4 is 5.91 Å². The third-order valence-corrected chi connectivity index (χ3v) is 3.52. The number of nitrogens with one attached hydrogen (secondary N) is 1. The van der Waals surface area contributed by atoms with Crippen LogP contribution < -0.4 is 5.32 Å². The lowest BCUT2D eigenvalue weighted by Gasteiger charge is -2.38. The number of carbonyl (C=O) groups is 1. The molecule has 4 nitrogen and oxygen atoms in total. The van der Waals surface area contributed by atoms with Crippen molar-refractivity contribution in [1.82, 2.24) is 5.32 Å². The Hall–Kier alpha value is -1.03. The molecule has 0 radical (unpaired) electrons. The van der Waals surface area contributed by atoms with Gasteiger partial charge in [0, 0.05) is 6.08 Å². The van der Waals surface area contributed by atoms with Crippen LogP contribution >= 0.6 is 0 Å². The number of hydrogen-bond acceptors (Lipinski definition) is 3. The van der Waals surface area contributed by atoms with Gasteiger partial charge in [0.1, 0.15) is 5.76 Å². The number of ether oxygens (including phenoxy) is 1. The van der Waals surface area contributed by atoms with Crippen molar-refractivity contribution in [2.45, 2.75) is 51.4 Å². The first-order valence-corrected chi connectivity index (χ1v) is 5.91. The topological polar surface area (TPSA) is 58.6 Å². The molecule has 1 spiro atoms. The van der Waals surface area contributed by atoms with Crippen LogP contribution in [0.5, 0.6) is 0 Å². The Bertz CT molecular complexity index is 314. The number of rotatable bonds is 2. The lowest BCUT2D eigenvalue weighted by molar-refractivity contribution is -0.117. The summed E-state index contributed by atoms with van der Waals surface area (Å²) in [7, 11) is 0. The quantitative estimate of drug-likeness (QED) is 0.696. The van der Waals surface area contributed by atoms with Gasteiger partial charge in [0.2, 0.25) is 5.91 Å². The summed E-state index contributed by atoms with van der Waals surface area (Å²) in [5, 5.41) is 12.2. The third kappa shape index (κ3) is 2.07. The van der Waals surface area contributed by atoms with Gasteiger partial charge in [0.15, 0.2) is 6.29 Å². The van der Waals surface area contributed by atoms with Crippen molar-refractivity contribution in [3.05, 3.63) is 11.8 Å². The first-order chi connectivity index (χ1) is 7.52. The molecule has 1 heterocycles. The summed E-state index contributed by atoms with van der Waals surface area (Å²) in [5.74, 6) is 1.21. The fourth-order valence-electron chi connectivity index (χ4n) is 2.55. The van der Waals surface area contributed by atoms with E-state index in [4.69, 9.17) is 4.74 Å². The van der Waals surface area contributed by atoms with Gasteiger partial charge < -0.3 is 15.2 Å². The number of aliphatic hydroxyl groups is 1. The van der Waals surface area contributed by atoms with Crippen molar-refractivity contribution in [2.75, 3.05) is 0 Å². The fourth-order valence-corrected chi connectivity index (χ4v) is 2.55. The Labute approximate surface area is 95.7 Å². The van der Waals surface area contributed by atoms with Gasteiger partial charge in [0.05, 0.1) is 5.54 Å². The minimum atomic E-state index is -0.866. The van der Waals surface area contributed by atoms with Crippen molar-refractivity contribution in [3.63, 3.8) is 0 Å². The van der Waals surface area contributed by atoms with Gasteiger partial charge in [-0.3, -0.25) is 4.79 Å². The van der Waals surface area contributed by atoms with Crippen molar-refractivity contribution in [3.8, 4) is 0 Å². The van der Waals surface area contributed by atoms with Gasteiger partial charge in [-0.2, -0.15) is 0 Å². The zero-order valence-corrected chi connectivity index (χ0v) is 9.82. The highest BCUT2D eigenvalue weighted by atomic mass is 16.6. The van der Waals surface area contributed by atoms with E-state index in [1.807, 2.05) is 0 Å². The van der Waals surface area contributed by atoms with Gasteiger partial charge in [0.25, 0.3) is 0 Å². The molecule has 1 unspecified atom stereocenters. The standard InChI is InChI=1S/C12H19NO3/c1-8-3-5-12(6-4-8)10(16-9(2)14)7-11(15)13-12/h7-9,14H,3-6H2,1-2H3,(H,13,15).